The SMILES string of the molecule is Cl.NC(CS)=N[C@@H]1C[C@@H]2CC[C@H]1C2. The lowest BCUT2D eigenvalue weighted by atomic mass is 9.96. The summed E-state index contributed by atoms with van der Waals surface area (Å²) in [5, 5.41) is 0. The molecular formula is C9H17ClN2S. The molecule has 0 spiro atoms. The van der Waals surface area contributed by atoms with Crippen molar-refractivity contribution in [1.82, 2.24) is 0 Å². The summed E-state index contributed by atoms with van der Waals surface area (Å²) in [6.07, 6.45) is 5.48. The normalized spacial score (nSPS) is 37.6. The second kappa shape index (κ2) is 4.56. The van der Waals surface area contributed by atoms with E-state index in [0.717, 1.165) is 17.7 Å². The van der Waals surface area contributed by atoms with Crippen LogP contribution in [0.25, 0.3) is 0 Å². The zero-order valence-electron chi connectivity index (χ0n) is 7.65. The van der Waals surface area contributed by atoms with Crippen molar-refractivity contribution in [1.29, 1.82) is 0 Å². The summed E-state index contributed by atoms with van der Waals surface area (Å²) >= 11 is 4.10. The molecule has 2 rings (SSSR count). The molecule has 2 aliphatic carbocycles. The highest BCUT2D eigenvalue weighted by Crippen LogP contribution is 2.45. The summed E-state index contributed by atoms with van der Waals surface area (Å²) < 4.78 is 0. The van der Waals surface area contributed by atoms with Gasteiger partial charge in [0, 0.05) is 5.75 Å². The first-order chi connectivity index (χ1) is 5.79. The van der Waals surface area contributed by atoms with Gasteiger partial charge in [-0.3, -0.25) is 4.99 Å². The zero-order chi connectivity index (χ0) is 8.55. The standard InChI is InChI=1S/C9H16N2S.ClH/c10-9(5-12)11-8-4-6-1-2-7(8)3-6;/h6-8,12H,1-5H2,(H2,10,11);1H/t6-,7+,8-;/m1./s1. The molecule has 0 aliphatic heterocycles. The van der Waals surface area contributed by atoms with Crippen LogP contribution in [-0.2, 0) is 0 Å². The minimum Gasteiger partial charge on any atom is -0.387 e. The Balaban J connectivity index is 0.000000845. The monoisotopic (exact) mass is 220 g/mol. The van der Waals surface area contributed by atoms with Crippen LogP contribution in [-0.4, -0.2) is 17.6 Å². The van der Waals surface area contributed by atoms with Crippen LogP contribution in [0.3, 0.4) is 0 Å². The Bertz CT molecular complexity index is 208. The number of hydrogen-bond acceptors (Lipinski definition) is 2. The third kappa shape index (κ3) is 2.32. The molecule has 76 valence electrons. The largest absolute Gasteiger partial charge is 0.387 e. The molecule has 0 aromatic rings. The van der Waals surface area contributed by atoms with Gasteiger partial charge in [-0.15, -0.1) is 12.4 Å². The zero-order valence-corrected chi connectivity index (χ0v) is 9.36. The molecule has 0 saturated heterocycles. The lowest BCUT2D eigenvalue weighted by Crippen LogP contribution is -2.21. The number of halogens is 1. The summed E-state index contributed by atoms with van der Waals surface area (Å²) in [6.45, 7) is 0. The van der Waals surface area contributed by atoms with Gasteiger partial charge in [-0.05, 0) is 31.1 Å². The molecule has 0 amide bonds. The fourth-order valence-electron chi connectivity index (χ4n) is 2.62. The van der Waals surface area contributed by atoms with E-state index in [1.165, 1.54) is 25.7 Å². The third-order valence-corrected chi connectivity index (χ3v) is 3.52. The molecule has 0 aromatic heterocycles. The Morgan fingerprint density at radius 1 is 1.38 bits per heavy atom. The molecule has 0 radical (unpaired) electrons. The predicted molar refractivity (Wildman–Crippen MR) is 62.0 cm³/mol. The number of thiol groups is 1. The molecule has 3 atom stereocenters. The lowest BCUT2D eigenvalue weighted by Gasteiger charge is -2.17. The van der Waals surface area contributed by atoms with E-state index in [-0.39, 0.29) is 12.4 Å². The van der Waals surface area contributed by atoms with Gasteiger partial charge in [-0.2, -0.15) is 12.6 Å². The summed E-state index contributed by atoms with van der Waals surface area (Å²) in [6, 6.07) is 0.538. The van der Waals surface area contributed by atoms with Crippen molar-refractivity contribution >= 4 is 30.9 Å². The van der Waals surface area contributed by atoms with Gasteiger partial charge in [0.2, 0.25) is 0 Å². The Labute approximate surface area is 91.2 Å². The van der Waals surface area contributed by atoms with Crippen molar-refractivity contribution in [2.24, 2.45) is 22.6 Å². The number of nitrogens with zero attached hydrogens (tertiary/aromatic N) is 1. The van der Waals surface area contributed by atoms with E-state index in [4.69, 9.17) is 5.73 Å². The van der Waals surface area contributed by atoms with Gasteiger partial charge in [-0.1, -0.05) is 6.42 Å². The minimum atomic E-state index is 0. The van der Waals surface area contributed by atoms with E-state index in [9.17, 15) is 0 Å². The second-order valence-corrected chi connectivity index (χ2v) is 4.34. The minimum absolute atomic E-state index is 0. The molecule has 4 heteroatoms. The van der Waals surface area contributed by atoms with E-state index in [0.29, 0.717) is 11.8 Å². The van der Waals surface area contributed by atoms with Gasteiger partial charge < -0.3 is 5.73 Å². The van der Waals surface area contributed by atoms with Gasteiger partial charge in [0.15, 0.2) is 0 Å². The van der Waals surface area contributed by atoms with Crippen LogP contribution in [0.15, 0.2) is 4.99 Å². The van der Waals surface area contributed by atoms with E-state index in [1.54, 1.807) is 0 Å². The highest BCUT2D eigenvalue weighted by atomic mass is 35.5. The molecule has 0 unspecified atom stereocenters. The maximum Gasteiger partial charge on any atom is 0.104 e. The molecule has 2 N–H and O–H groups in total. The first-order valence-electron chi connectivity index (χ1n) is 4.72. The average Bonchev–Trinajstić information content (AvgIpc) is 2.64. The van der Waals surface area contributed by atoms with Gasteiger partial charge in [0.1, 0.15) is 5.84 Å². The summed E-state index contributed by atoms with van der Waals surface area (Å²) in [4.78, 5) is 4.50. The number of nitrogens with two attached hydrogens (primary N) is 1. The van der Waals surface area contributed by atoms with Crippen molar-refractivity contribution in [2.75, 3.05) is 5.75 Å². The van der Waals surface area contributed by atoms with E-state index in [1.807, 2.05) is 0 Å². The molecule has 13 heavy (non-hydrogen) atoms. The summed E-state index contributed by atoms with van der Waals surface area (Å²) in [5.74, 6) is 3.12. The Hall–Kier alpha value is 0.110. The first-order valence-corrected chi connectivity index (χ1v) is 5.36. The Morgan fingerprint density at radius 3 is 2.62 bits per heavy atom. The maximum atomic E-state index is 5.66. The fraction of sp³-hybridized carbons (Fsp3) is 0.889. The molecule has 0 heterocycles. The molecular weight excluding hydrogens is 204 g/mol. The highest BCUT2D eigenvalue weighted by molar-refractivity contribution is 7.81. The Kier molecular flexibility index (Phi) is 3.92. The second-order valence-electron chi connectivity index (χ2n) is 4.02. The summed E-state index contributed by atoms with van der Waals surface area (Å²) in [5.41, 5.74) is 5.66. The smallest absolute Gasteiger partial charge is 0.104 e. The number of aliphatic imine (C=N–C) groups is 1. The molecule has 2 bridgehead atoms. The fourth-order valence-corrected chi connectivity index (χ4v) is 2.70. The predicted octanol–water partition coefficient (Wildman–Crippen LogP) is 1.88. The molecule has 2 nitrogen and oxygen atoms in total. The van der Waals surface area contributed by atoms with Crippen LogP contribution in [0.1, 0.15) is 25.7 Å². The van der Waals surface area contributed by atoms with Crippen LogP contribution in [0, 0.1) is 11.8 Å². The Morgan fingerprint density at radius 2 is 2.15 bits per heavy atom. The average molecular weight is 221 g/mol. The highest BCUT2D eigenvalue weighted by Gasteiger charge is 2.39. The van der Waals surface area contributed by atoms with Crippen LogP contribution in [0.4, 0.5) is 0 Å². The van der Waals surface area contributed by atoms with E-state index >= 15 is 0 Å². The molecule has 2 saturated carbocycles. The van der Waals surface area contributed by atoms with Crippen LogP contribution in [0.2, 0.25) is 0 Å². The number of rotatable bonds is 2. The van der Waals surface area contributed by atoms with Crippen molar-refractivity contribution in [3.05, 3.63) is 0 Å². The van der Waals surface area contributed by atoms with Crippen molar-refractivity contribution in [2.45, 2.75) is 31.7 Å². The van der Waals surface area contributed by atoms with Crippen LogP contribution < -0.4 is 5.73 Å². The number of fused-ring (bicyclic) bond motifs is 2. The quantitative estimate of drug-likeness (QED) is 0.416. The molecule has 2 aliphatic rings. The van der Waals surface area contributed by atoms with Crippen molar-refractivity contribution in [3.8, 4) is 0 Å². The molecule has 2 fully saturated rings. The van der Waals surface area contributed by atoms with Gasteiger partial charge >= 0.3 is 0 Å². The van der Waals surface area contributed by atoms with Gasteiger partial charge in [0.25, 0.3) is 0 Å². The third-order valence-electron chi connectivity index (χ3n) is 3.19. The van der Waals surface area contributed by atoms with Gasteiger partial charge in [-0.25, -0.2) is 0 Å². The maximum absolute atomic E-state index is 5.66. The lowest BCUT2D eigenvalue weighted by molar-refractivity contribution is 0.420. The summed E-state index contributed by atoms with van der Waals surface area (Å²) in [7, 11) is 0. The van der Waals surface area contributed by atoms with Crippen molar-refractivity contribution in [3.63, 3.8) is 0 Å². The van der Waals surface area contributed by atoms with Crippen LogP contribution >= 0.6 is 25.0 Å². The van der Waals surface area contributed by atoms with E-state index in [2.05, 4.69) is 17.6 Å². The topological polar surface area (TPSA) is 38.4 Å². The van der Waals surface area contributed by atoms with Crippen LogP contribution in [0.5, 0.6) is 0 Å². The number of hydrogen-bond donors (Lipinski definition) is 2. The molecule has 0 aromatic carbocycles. The van der Waals surface area contributed by atoms with Gasteiger partial charge in [0.05, 0.1) is 6.04 Å². The van der Waals surface area contributed by atoms with Crippen molar-refractivity contribution < 1.29 is 0 Å². The van der Waals surface area contributed by atoms with E-state index < -0.39 is 0 Å². The first kappa shape index (κ1) is 11.2. The number of amidine groups is 1.